The van der Waals surface area contributed by atoms with Crippen molar-refractivity contribution in [2.75, 3.05) is 0 Å². The SMILES string of the molecule is C[Si](C)(C)c1cccc[c]1[In][NH2]. The number of hydrogen-bond donors (Lipinski definition) is 1. The van der Waals surface area contributed by atoms with Gasteiger partial charge in [-0.2, -0.15) is 0 Å². The molecule has 1 aromatic carbocycles. The number of nitrogens with two attached hydrogens (primary N) is 1. The summed E-state index contributed by atoms with van der Waals surface area (Å²) >= 11 is -0.906. The van der Waals surface area contributed by atoms with Gasteiger partial charge in [0.25, 0.3) is 0 Å². The van der Waals surface area contributed by atoms with Gasteiger partial charge in [0.05, 0.1) is 0 Å². The first-order chi connectivity index (χ1) is 5.55. The Morgan fingerprint density at radius 3 is 2.17 bits per heavy atom. The molecule has 0 heterocycles. The summed E-state index contributed by atoms with van der Waals surface area (Å²) in [6.45, 7) is 7.14. The Morgan fingerprint density at radius 1 is 1.17 bits per heavy atom. The quantitative estimate of drug-likeness (QED) is 0.781. The standard InChI is InChI=1S/C9H13Si.In.H2N/c1-10(2,3)9-7-5-4-6-8-9;;/h4-7H,1-3H3;;1H2/q;+1;-1. The fourth-order valence-corrected chi connectivity index (χ4v) is 8.56. The Balaban J connectivity index is 3.14. The average Bonchev–Trinajstić information content (AvgIpc) is 2.03. The minimum atomic E-state index is -1.13. The monoisotopic (exact) mass is 280 g/mol. The van der Waals surface area contributed by atoms with Gasteiger partial charge in [-0.15, -0.1) is 0 Å². The van der Waals surface area contributed by atoms with Crippen molar-refractivity contribution in [3.8, 4) is 0 Å². The Bertz CT molecular complexity index is 267. The van der Waals surface area contributed by atoms with Gasteiger partial charge < -0.3 is 0 Å². The zero-order valence-corrected chi connectivity index (χ0v) is 12.3. The van der Waals surface area contributed by atoms with E-state index in [9.17, 15) is 0 Å². The molecule has 0 spiro atoms. The van der Waals surface area contributed by atoms with Gasteiger partial charge in [0.2, 0.25) is 0 Å². The third-order valence-corrected chi connectivity index (χ3v) is 7.31. The van der Waals surface area contributed by atoms with E-state index in [2.05, 4.69) is 43.9 Å². The third kappa shape index (κ3) is 2.38. The predicted molar refractivity (Wildman–Crippen MR) is 59.0 cm³/mol. The second-order valence-corrected chi connectivity index (χ2v) is 11.8. The first-order valence-corrected chi connectivity index (χ1v) is 11.2. The van der Waals surface area contributed by atoms with E-state index in [0.29, 0.717) is 0 Å². The van der Waals surface area contributed by atoms with Crippen molar-refractivity contribution in [1.82, 2.24) is 0 Å². The van der Waals surface area contributed by atoms with Gasteiger partial charge in [-0.25, -0.2) is 0 Å². The zero-order chi connectivity index (χ0) is 9.19. The van der Waals surface area contributed by atoms with Crippen LogP contribution in [-0.4, -0.2) is 31.3 Å². The normalized spacial score (nSPS) is 11.3. The molecule has 0 aliphatic rings. The third-order valence-electron chi connectivity index (χ3n) is 1.95. The first kappa shape index (κ1) is 10.3. The van der Waals surface area contributed by atoms with Crippen molar-refractivity contribution < 1.29 is 0 Å². The van der Waals surface area contributed by atoms with Crippen LogP contribution in [0.4, 0.5) is 0 Å². The van der Waals surface area contributed by atoms with E-state index in [4.69, 9.17) is 3.72 Å². The molecular formula is C9H15InNSi. The van der Waals surface area contributed by atoms with Gasteiger partial charge in [0.1, 0.15) is 0 Å². The van der Waals surface area contributed by atoms with E-state index in [1.165, 1.54) is 3.32 Å². The average molecular weight is 280 g/mol. The van der Waals surface area contributed by atoms with Gasteiger partial charge in [0.15, 0.2) is 0 Å². The maximum absolute atomic E-state index is 5.86. The molecule has 3 heteroatoms. The molecule has 12 heavy (non-hydrogen) atoms. The van der Waals surface area contributed by atoms with Crippen molar-refractivity contribution in [3.05, 3.63) is 24.3 Å². The molecule has 0 aliphatic heterocycles. The van der Waals surface area contributed by atoms with Crippen LogP contribution in [0.5, 0.6) is 0 Å². The van der Waals surface area contributed by atoms with Crippen LogP contribution in [-0.2, 0) is 0 Å². The van der Waals surface area contributed by atoms with Gasteiger partial charge >= 0.3 is 87.4 Å². The van der Waals surface area contributed by atoms with Crippen LogP contribution < -0.4 is 12.2 Å². The molecule has 0 unspecified atom stereocenters. The molecule has 63 valence electrons. The van der Waals surface area contributed by atoms with Crippen LogP contribution in [0.15, 0.2) is 24.3 Å². The van der Waals surface area contributed by atoms with Crippen molar-refractivity contribution in [2.45, 2.75) is 19.6 Å². The second-order valence-electron chi connectivity index (χ2n) is 4.00. The molecular weight excluding hydrogens is 265 g/mol. The molecule has 0 aliphatic carbocycles. The summed E-state index contributed by atoms with van der Waals surface area (Å²) in [5.74, 6) is 0. The van der Waals surface area contributed by atoms with Crippen molar-refractivity contribution >= 4 is 39.8 Å². The van der Waals surface area contributed by atoms with Crippen molar-refractivity contribution in [2.24, 2.45) is 3.72 Å². The van der Waals surface area contributed by atoms with E-state index in [-0.39, 0.29) is 0 Å². The van der Waals surface area contributed by atoms with Gasteiger partial charge in [0, 0.05) is 0 Å². The van der Waals surface area contributed by atoms with Gasteiger partial charge in [-0.3, -0.25) is 0 Å². The van der Waals surface area contributed by atoms with Crippen LogP contribution in [0.3, 0.4) is 0 Å². The predicted octanol–water partition coefficient (Wildman–Crippen LogP) is 0.435. The molecule has 1 aromatic rings. The summed E-state index contributed by atoms with van der Waals surface area (Å²) in [5, 5.41) is 1.58. The van der Waals surface area contributed by atoms with E-state index in [1.807, 2.05) is 0 Å². The van der Waals surface area contributed by atoms with Crippen LogP contribution in [0.25, 0.3) is 0 Å². The summed E-state index contributed by atoms with van der Waals surface area (Å²) < 4.78 is 7.37. The number of hydrogen-bond acceptors (Lipinski definition) is 1. The second kappa shape index (κ2) is 3.98. The molecule has 1 radical (unpaired) electrons. The number of benzene rings is 1. The zero-order valence-electron chi connectivity index (χ0n) is 7.96. The summed E-state index contributed by atoms with van der Waals surface area (Å²) in [6, 6.07) is 8.72. The molecule has 0 bridgehead atoms. The van der Waals surface area contributed by atoms with E-state index < -0.39 is 31.3 Å². The van der Waals surface area contributed by atoms with Crippen molar-refractivity contribution in [3.63, 3.8) is 0 Å². The van der Waals surface area contributed by atoms with Crippen LogP contribution in [0.2, 0.25) is 19.6 Å². The summed E-state index contributed by atoms with van der Waals surface area (Å²) in [6.07, 6.45) is 0. The van der Waals surface area contributed by atoms with Gasteiger partial charge in [-0.1, -0.05) is 0 Å². The molecule has 0 amide bonds. The maximum atomic E-state index is 5.86. The summed E-state index contributed by atoms with van der Waals surface area (Å²) in [7, 11) is -1.13. The molecule has 0 aromatic heterocycles. The molecule has 0 atom stereocenters. The Morgan fingerprint density at radius 2 is 1.75 bits per heavy atom. The summed E-state index contributed by atoms with van der Waals surface area (Å²) in [4.78, 5) is 0. The fraction of sp³-hybridized carbons (Fsp3) is 0.333. The fourth-order valence-electron chi connectivity index (χ4n) is 1.33. The minimum absolute atomic E-state index is 0.906. The molecule has 0 saturated heterocycles. The summed E-state index contributed by atoms with van der Waals surface area (Å²) in [5.41, 5.74) is 0. The molecule has 1 rings (SSSR count). The van der Waals surface area contributed by atoms with Crippen LogP contribution in [0, 0.1) is 0 Å². The van der Waals surface area contributed by atoms with Crippen molar-refractivity contribution in [1.29, 1.82) is 0 Å². The number of rotatable bonds is 2. The van der Waals surface area contributed by atoms with Crippen LogP contribution >= 0.6 is 0 Å². The molecule has 0 fully saturated rings. The molecule has 0 saturated carbocycles. The Labute approximate surface area is 87.1 Å². The molecule has 1 nitrogen and oxygen atoms in total. The van der Waals surface area contributed by atoms with E-state index >= 15 is 0 Å². The Kier molecular flexibility index (Phi) is 3.44. The van der Waals surface area contributed by atoms with Gasteiger partial charge in [-0.05, 0) is 0 Å². The van der Waals surface area contributed by atoms with E-state index in [1.54, 1.807) is 5.19 Å². The topological polar surface area (TPSA) is 26.0 Å². The van der Waals surface area contributed by atoms with Crippen LogP contribution in [0.1, 0.15) is 0 Å². The van der Waals surface area contributed by atoms with E-state index in [0.717, 1.165) is 0 Å². The first-order valence-electron chi connectivity index (χ1n) is 4.20. The Hall–Kier alpha value is 0.267. The molecule has 2 N–H and O–H groups in total.